The molecule has 0 aliphatic carbocycles. The molecule has 2 amide bonds. The summed E-state index contributed by atoms with van der Waals surface area (Å²) in [5.74, 6) is 0.536. The van der Waals surface area contributed by atoms with Crippen molar-refractivity contribution in [3.05, 3.63) is 35.1 Å². The Kier molecular flexibility index (Phi) is 5.17. The van der Waals surface area contributed by atoms with Crippen LogP contribution in [0.4, 0.5) is 4.39 Å². The fourth-order valence-electron chi connectivity index (χ4n) is 3.65. The van der Waals surface area contributed by atoms with Crippen molar-refractivity contribution >= 4 is 11.8 Å². The van der Waals surface area contributed by atoms with Gasteiger partial charge in [-0.25, -0.2) is 4.39 Å². The number of carbonyl (C=O) groups excluding carboxylic acids is 2. The van der Waals surface area contributed by atoms with Crippen LogP contribution in [0.2, 0.25) is 0 Å². The lowest BCUT2D eigenvalue weighted by Crippen LogP contribution is -2.34. The molecular weight excluding hydrogens is 307 g/mol. The van der Waals surface area contributed by atoms with Crippen molar-refractivity contribution in [2.75, 3.05) is 26.2 Å². The van der Waals surface area contributed by atoms with Gasteiger partial charge in [-0.1, -0.05) is 12.1 Å². The zero-order valence-electron chi connectivity index (χ0n) is 14.3. The van der Waals surface area contributed by atoms with Crippen molar-refractivity contribution in [3.8, 4) is 0 Å². The molecule has 24 heavy (non-hydrogen) atoms. The minimum Gasteiger partial charge on any atom is -0.342 e. The molecule has 5 heteroatoms. The SMILES string of the molecule is Cc1ccc(CC2CCN(C(=O)CCN3CCCC3=O)C2)cc1F. The highest BCUT2D eigenvalue weighted by Gasteiger charge is 2.27. The fourth-order valence-corrected chi connectivity index (χ4v) is 3.65. The summed E-state index contributed by atoms with van der Waals surface area (Å²) in [6.07, 6.45) is 3.71. The van der Waals surface area contributed by atoms with E-state index in [1.165, 1.54) is 0 Å². The normalized spacial score (nSPS) is 20.9. The second kappa shape index (κ2) is 7.32. The third kappa shape index (κ3) is 3.94. The monoisotopic (exact) mass is 332 g/mol. The molecule has 4 nitrogen and oxygen atoms in total. The zero-order chi connectivity index (χ0) is 17.1. The molecule has 2 heterocycles. The lowest BCUT2D eigenvalue weighted by atomic mass is 9.98. The number of hydrogen-bond donors (Lipinski definition) is 0. The van der Waals surface area contributed by atoms with E-state index in [0.29, 0.717) is 30.9 Å². The molecule has 3 rings (SSSR count). The molecule has 1 unspecified atom stereocenters. The molecule has 1 aromatic carbocycles. The van der Waals surface area contributed by atoms with E-state index >= 15 is 0 Å². The number of halogens is 1. The number of likely N-dealkylation sites (tertiary alicyclic amines) is 2. The van der Waals surface area contributed by atoms with Crippen molar-refractivity contribution < 1.29 is 14.0 Å². The number of rotatable bonds is 5. The van der Waals surface area contributed by atoms with Crippen LogP contribution in [-0.4, -0.2) is 47.8 Å². The molecular formula is C19H25FN2O2. The molecule has 2 fully saturated rings. The number of carbonyl (C=O) groups is 2. The van der Waals surface area contributed by atoms with Crippen LogP contribution in [0.15, 0.2) is 18.2 Å². The molecule has 0 aromatic heterocycles. The van der Waals surface area contributed by atoms with E-state index in [4.69, 9.17) is 0 Å². The van der Waals surface area contributed by atoms with E-state index in [-0.39, 0.29) is 17.6 Å². The van der Waals surface area contributed by atoms with Gasteiger partial charge in [0.05, 0.1) is 0 Å². The van der Waals surface area contributed by atoms with Crippen LogP contribution >= 0.6 is 0 Å². The van der Waals surface area contributed by atoms with Gasteiger partial charge in [0.25, 0.3) is 0 Å². The van der Waals surface area contributed by atoms with Gasteiger partial charge < -0.3 is 9.80 Å². The predicted octanol–water partition coefficient (Wildman–Crippen LogP) is 2.54. The minimum absolute atomic E-state index is 0.132. The Morgan fingerprint density at radius 2 is 2.17 bits per heavy atom. The number of hydrogen-bond acceptors (Lipinski definition) is 2. The van der Waals surface area contributed by atoms with E-state index in [2.05, 4.69) is 0 Å². The topological polar surface area (TPSA) is 40.6 Å². The third-order valence-electron chi connectivity index (χ3n) is 5.17. The van der Waals surface area contributed by atoms with Gasteiger partial charge in [-0.05, 0) is 49.3 Å². The van der Waals surface area contributed by atoms with Crippen molar-refractivity contribution in [2.24, 2.45) is 5.92 Å². The lowest BCUT2D eigenvalue weighted by molar-refractivity contribution is -0.132. The van der Waals surface area contributed by atoms with E-state index < -0.39 is 0 Å². The van der Waals surface area contributed by atoms with E-state index in [0.717, 1.165) is 44.5 Å². The lowest BCUT2D eigenvalue weighted by Gasteiger charge is -2.20. The van der Waals surface area contributed by atoms with Gasteiger partial charge in [-0.3, -0.25) is 9.59 Å². The zero-order valence-corrected chi connectivity index (χ0v) is 14.3. The van der Waals surface area contributed by atoms with Crippen molar-refractivity contribution in [1.29, 1.82) is 0 Å². The van der Waals surface area contributed by atoms with Gasteiger partial charge in [0.15, 0.2) is 0 Å². The highest BCUT2D eigenvalue weighted by atomic mass is 19.1. The first kappa shape index (κ1) is 16.9. The summed E-state index contributed by atoms with van der Waals surface area (Å²) in [5, 5.41) is 0. The first-order valence-electron chi connectivity index (χ1n) is 8.83. The van der Waals surface area contributed by atoms with Gasteiger partial charge in [-0.15, -0.1) is 0 Å². The van der Waals surface area contributed by atoms with E-state index in [9.17, 15) is 14.0 Å². The summed E-state index contributed by atoms with van der Waals surface area (Å²) in [6.45, 7) is 4.60. The molecule has 0 spiro atoms. The second-order valence-electron chi connectivity index (χ2n) is 7.02. The summed E-state index contributed by atoms with van der Waals surface area (Å²) in [7, 11) is 0. The largest absolute Gasteiger partial charge is 0.342 e. The molecule has 1 aromatic rings. The highest BCUT2D eigenvalue weighted by Crippen LogP contribution is 2.23. The first-order chi connectivity index (χ1) is 11.5. The highest BCUT2D eigenvalue weighted by molar-refractivity contribution is 5.80. The van der Waals surface area contributed by atoms with Crippen molar-refractivity contribution in [3.63, 3.8) is 0 Å². The van der Waals surface area contributed by atoms with Gasteiger partial charge in [0.2, 0.25) is 11.8 Å². The molecule has 0 N–H and O–H groups in total. The summed E-state index contributed by atoms with van der Waals surface area (Å²) in [6, 6.07) is 5.40. The number of benzene rings is 1. The van der Waals surface area contributed by atoms with E-state index in [1.54, 1.807) is 17.9 Å². The van der Waals surface area contributed by atoms with Crippen molar-refractivity contribution in [2.45, 2.75) is 39.0 Å². The molecule has 0 radical (unpaired) electrons. The molecule has 0 bridgehead atoms. The number of amides is 2. The maximum atomic E-state index is 13.6. The molecule has 2 saturated heterocycles. The van der Waals surface area contributed by atoms with Crippen LogP contribution < -0.4 is 0 Å². The summed E-state index contributed by atoms with van der Waals surface area (Å²) in [5.41, 5.74) is 1.67. The van der Waals surface area contributed by atoms with Crippen LogP contribution in [0.1, 0.15) is 36.8 Å². The van der Waals surface area contributed by atoms with Crippen LogP contribution in [-0.2, 0) is 16.0 Å². The van der Waals surface area contributed by atoms with Crippen LogP contribution in [0.3, 0.4) is 0 Å². The van der Waals surface area contributed by atoms with Gasteiger partial charge in [0.1, 0.15) is 5.82 Å². The van der Waals surface area contributed by atoms with E-state index in [1.807, 2.05) is 17.0 Å². The molecule has 2 aliphatic rings. The Hall–Kier alpha value is -1.91. The molecule has 1 atom stereocenters. The van der Waals surface area contributed by atoms with Crippen LogP contribution in [0.5, 0.6) is 0 Å². The average molecular weight is 332 g/mol. The summed E-state index contributed by atoms with van der Waals surface area (Å²) >= 11 is 0. The Bertz CT molecular complexity index is 632. The Morgan fingerprint density at radius 1 is 1.33 bits per heavy atom. The molecule has 2 aliphatic heterocycles. The maximum Gasteiger partial charge on any atom is 0.224 e. The van der Waals surface area contributed by atoms with Crippen LogP contribution in [0, 0.1) is 18.7 Å². The number of aryl methyl sites for hydroxylation is 1. The minimum atomic E-state index is -0.159. The first-order valence-corrected chi connectivity index (χ1v) is 8.83. The third-order valence-corrected chi connectivity index (χ3v) is 5.17. The van der Waals surface area contributed by atoms with Gasteiger partial charge in [0, 0.05) is 39.0 Å². The standard InChI is InChI=1S/C19H25FN2O2/c1-14-4-5-15(12-17(14)20)11-16-6-9-22(13-16)19(24)7-10-21-8-2-3-18(21)23/h4-5,12,16H,2-3,6-11,13H2,1H3. The van der Waals surface area contributed by atoms with Gasteiger partial charge >= 0.3 is 0 Å². The molecule has 0 saturated carbocycles. The van der Waals surface area contributed by atoms with Crippen LogP contribution in [0.25, 0.3) is 0 Å². The summed E-state index contributed by atoms with van der Waals surface area (Å²) < 4.78 is 13.6. The Morgan fingerprint density at radius 3 is 2.88 bits per heavy atom. The maximum absolute atomic E-state index is 13.6. The van der Waals surface area contributed by atoms with Crippen molar-refractivity contribution in [1.82, 2.24) is 9.80 Å². The quantitative estimate of drug-likeness (QED) is 0.831. The molecule has 130 valence electrons. The second-order valence-corrected chi connectivity index (χ2v) is 7.02. The smallest absolute Gasteiger partial charge is 0.224 e. The predicted molar refractivity (Wildman–Crippen MR) is 90.0 cm³/mol. The fraction of sp³-hybridized carbons (Fsp3) is 0.579. The average Bonchev–Trinajstić information content (AvgIpc) is 3.18. The van der Waals surface area contributed by atoms with Gasteiger partial charge in [-0.2, -0.15) is 0 Å². The summed E-state index contributed by atoms with van der Waals surface area (Å²) in [4.78, 5) is 27.6. The Balaban J connectivity index is 1.46. The number of nitrogens with zero attached hydrogens (tertiary/aromatic N) is 2. The Labute approximate surface area is 142 Å².